The molecule has 3 saturated carbocycles. The summed E-state index contributed by atoms with van der Waals surface area (Å²) in [5, 5.41) is 12.6. The first-order valence-electron chi connectivity index (χ1n) is 6.87. The highest BCUT2D eigenvalue weighted by Gasteiger charge is 2.47. The molecule has 0 unspecified atom stereocenters. The molecule has 4 nitrogen and oxygen atoms in total. The minimum atomic E-state index is -0.806. The molecule has 3 aliphatic rings. The summed E-state index contributed by atoms with van der Waals surface area (Å²) in [5.41, 5.74) is 0. The van der Waals surface area contributed by atoms with Crippen molar-refractivity contribution in [2.75, 3.05) is 5.32 Å². The summed E-state index contributed by atoms with van der Waals surface area (Å²) >= 11 is 5.78. The van der Waals surface area contributed by atoms with Gasteiger partial charge in [0.2, 0.25) is 0 Å². The summed E-state index contributed by atoms with van der Waals surface area (Å²) in [6, 6.07) is 2.36. The van der Waals surface area contributed by atoms with Gasteiger partial charge in [-0.15, -0.1) is 0 Å². The van der Waals surface area contributed by atoms with Crippen molar-refractivity contribution in [3.63, 3.8) is 0 Å². The smallest absolute Gasteiger partial charge is 0.308 e. The molecule has 1 aromatic heterocycles. The number of rotatable bonds is 3. The number of carboxylic acids is 1. The van der Waals surface area contributed by atoms with Crippen molar-refractivity contribution in [1.29, 1.82) is 0 Å². The second-order valence-corrected chi connectivity index (χ2v) is 6.06. The van der Waals surface area contributed by atoms with Crippen molar-refractivity contribution in [3.8, 4) is 0 Å². The Labute approximate surface area is 121 Å². The molecular formula is C14H16ClFN2O2. The van der Waals surface area contributed by atoms with Crippen LogP contribution in [0.25, 0.3) is 0 Å². The van der Waals surface area contributed by atoms with Gasteiger partial charge in [-0.3, -0.25) is 4.79 Å². The highest BCUT2D eigenvalue weighted by Crippen LogP contribution is 2.46. The van der Waals surface area contributed by atoms with Gasteiger partial charge in [0.25, 0.3) is 0 Å². The Morgan fingerprint density at radius 3 is 2.60 bits per heavy atom. The van der Waals surface area contributed by atoms with Crippen LogP contribution < -0.4 is 5.32 Å². The molecule has 0 amide bonds. The summed E-state index contributed by atoms with van der Waals surface area (Å²) in [7, 11) is 0. The summed E-state index contributed by atoms with van der Waals surface area (Å²) in [6.07, 6.45) is 3.89. The zero-order valence-electron chi connectivity index (χ0n) is 10.9. The second kappa shape index (κ2) is 5.20. The molecule has 2 N–H and O–H groups in total. The van der Waals surface area contributed by atoms with Crippen molar-refractivity contribution >= 4 is 23.4 Å². The van der Waals surface area contributed by atoms with E-state index in [9.17, 15) is 14.3 Å². The van der Waals surface area contributed by atoms with E-state index in [1.54, 1.807) is 0 Å². The standard InChI is InChI=1S/C14H16ClFN2O2/c15-10-6-5-9(16)13(17-10)18-12-8-3-1-7(2-4-8)11(12)14(19)20/h5-8,11-12H,1-4H2,(H,17,18)(H,19,20)/t7?,8?,11-,12-/m0/s1. The number of hydrogen-bond donors (Lipinski definition) is 2. The Morgan fingerprint density at radius 2 is 1.95 bits per heavy atom. The maximum absolute atomic E-state index is 13.8. The Bertz CT molecular complexity index is 532. The Hall–Kier alpha value is -1.36. The molecule has 2 atom stereocenters. The fourth-order valence-electron chi connectivity index (χ4n) is 3.69. The van der Waals surface area contributed by atoms with Crippen molar-refractivity contribution in [3.05, 3.63) is 23.1 Å². The van der Waals surface area contributed by atoms with Crippen molar-refractivity contribution < 1.29 is 14.3 Å². The van der Waals surface area contributed by atoms with Crippen LogP contribution in [0.15, 0.2) is 12.1 Å². The SMILES string of the molecule is O=C(O)[C@H]1C2CCC(CC2)[C@@H]1Nc1nc(Cl)ccc1F. The number of aliphatic carboxylic acids is 1. The topological polar surface area (TPSA) is 62.2 Å². The van der Waals surface area contributed by atoms with Crippen LogP contribution in [0.1, 0.15) is 25.7 Å². The monoisotopic (exact) mass is 298 g/mol. The summed E-state index contributed by atoms with van der Waals surface area (Å²) in [6.45, 7) is 0. The highest BCUT2D eigenvalue weighted by molar-refractivity contribution is 6.29. The number of carbonyl (C=O) groups is 1. The van der Waals surface area contributed by atoms with Crippen molar-refractivity contribution in [1.82, 2.24) is 4.98 Å². The fraction of sp³-hybridized carbons (Fsp3) is 0.571. The lowest BCUT2D eigenvalue weighted by Gasteiger charge is -2.47. The van der Waals surface area contributed by atoms with Gasteiger partial charge < -0.3 is 10.4 Å². The molecule has 4 rings (SSSR count). The minimum absolute atomic E-state index is 0.0568. The van der Waals surface area contributed by atoms with E-state index in [2.05, 4.69) is 10.3 Å². The predicted octanol–water partition coefficient (Wildman–Crippen LogP) is 3.18. The molecule has 6 heteroatoms. The van der Waals surface area contributed by atoms with Crippen LogP contribution in [0.2, 0.25) is 5.15 Å². The van der Waals surface area contributed by atoms with Crippen LogP contribution >= 0.6 is 11.6 Å². The van der Waals surface area contributed by atoms with Crippen LogP contribution in [0, 0.1) is 23.6 Å². The molecule has 0 aliphatic heterocycles. The van der Waals surface area contributed by atoms with Crippen LogP contribution in [0.3, 0.4) is 0 Å². The lowest BCUT2D eigenvalue weighted by Crippen LogP contribution is -2.51. The van der Waals surface area contributed by atoms with Gasteiger partial charge in [0, 0.05) is 6.04 Å². The molecule has 3 fully saturated rings. The van der Waals surface area contributed by atoms with Gasteiger partial charge in [-0.1, -0.05) is 11.6 Å². The van der Waals surface area contributed by atoms with E-state index in [0.29, 0.717) is 0 Å². The van der Waals surface area contributed by atoms with E-state index in [1.165, 1.54) is 12.1 Å². The lowest BCUT2D eigenvalue weighted by atomic mass is 9.61. The summed E-state index contributed by atoms with van der Waals surface area (Å²) in [4.78, 5) is 15.4. The molecule has 2 bridgehead atoms. The third-order valence-corrected chi connectivity index (χ3v) is 4.83. The molecular weight excluding hydrogens is 283 g/mol. The minimum Gasteiger partial charge on any atom is -0.481 e. The van der Waals surface area contributed by atoms with Crippen LogP contribution in [-0.2, 0) is 4.79 Å². The highest BCUT2D eigenvalue weighted by atomic mass is 35.5. The molecule has 20 heavy (non-hydrogen) atoms. The molecule has 0 spiro atoms. The summed E-state index contributed by atoms with van der Waals surface area (Å²) < 4.78 is 13.8. The number of pyridine rings is 1. The normalized spacial score (nSPS) is 32.1. The van der Waals surface area contributed by atoms with E-state index >= 15 is 0 Å². The van der Waals surface area contributed by atoms with Gasteiger partial charge in [-0.25, -0.2) is 9.37 Å². The number of carboxylic acid groups (broad SMARTS) is 1. The van der Waals surface area contributed by atoms with E-state index < -0.39 is 17.7 Å². The quantitative estimate of drug-likeness (QED) is 0.841. The van der Waals surface area contributed by atoms with E-state index in [1.807, 2.05) is 0 Å². The van der Waals surface area contributed by atoms with Crippen LogP contribution in [0.5, 0.6) is 0 Å². The lowest BCUT2D eigenvalue weighted by molar-refractivity contribution is -0.148. The number of anilines is 1. The van der Waals surface area contributed by atoms with Gasteiger partial charge in [0.1, 0.15) is 5.15 Å². The average molecular weight is 299 g/mol. The van der Waals surface area contributed by atoms with Crippen molar-refractivity contribution in [2.45, 2.75) is 31.7 Å². The van der Waals surface area contributed by atoms with Gasteiger partial charge in [-0.2, -0.15) is 0 Å². The fourth-order valence-corrected chi connectivity index (χ4v) is 3.84. The first-order valence-corrected chi connectivity index (χ1v) is 7.25. The van der Waals surface area contributed by atoms with Gasteiger partial charge in [0.05, 0.1) is 5.92 Å². The Morgan fingerprint density at radius 1 is 1.30 bits per heavy atom. The largest absolute Gasteiger partial charge is 0.481 e. The molecule has 0 saturated heterocycles. The number of nitrogens with one attached hydrogen (secondary N) is 1. The maximum atomic E-state index is 13.8. The molecule has 0 aromatic carbocycles. The zero-order chi connectivity index (χ0) is 14.3. The number of hydrogen-bond acceptors (Lipinski definition) is 3. The molecule has 1 heterocycles. The Kier molecular flexibility index (Phi) is 3.54. The molecule has 108 valence electrons. The Balaban J connectivity index is 1.87. The molecule has 1 aromatic rings. The van der Waals surface area contributed by atoms with E-state index in [0.717, 1.165) is 25.7 Å². The van der Waals surface area contributed by atoms with E-state index in [-0.39, 0.29) is 28.8 Å². The zero-order valence-corrected chi connectivity index (χ0v) is 11.6. The predicted molar refractivity (Wildman–Crippen MR) is 73.2 cm³/mol. The summed E-state index contributed by atoms with van der Waals surface area (Å²) in [5.74, 6) is -1.28. The number of fused-ring (bicyclic) bond motifs is 3. The molecule has 3 aliphatic carbocycles. The molecule has 0 radical (unpaired) electrons. The average Bonchev–Trinajstić information content (AvgIpc) is 2.43. The number of nitrogens with zero attached hydrogens (tertiary/aromatic N) is 1. The van der Waals surface area contributed by atoms with E-state index in [4.69, 9.17) is 11.6 Å². The third-order valence-electron chi connectivity index (χ3n) is 4.62. The maximum Gasteiger partial charge on any atom is 0.308 e. The van der Waals surface area contributed by atoms with Gasteiger partial charge >= 0.3 is 5.97 Å². The van der Waals surface area contributed by atoms with Crippen molar-refractivity contribution in [2.24, 2.45) is 17.8 Å². The first kappa shape index (κ1) is 13.6. The van der Waals surface area contributed by atoms with Gasteiger partial charge in [0.15, 0.2) is 11.6 Å². The van der Waals surface area contributed by atoms with Crippen LogP contribution in [0.4, 0.5) is 10.2 Å². The number of halogens is 2. The number of aromatic nitrogens is 1. The third kappa shape index (κ3) is 2.35. The van der Waals surface area contributed by atoms with Gasteiger partial charge in [-0.05, 0) is 49.7 Å². The van der Waals surface area contributed by atoms with Crippen LogP contribution in [-0.4, -0.2) is 22.1 Å². The second-order valence-electron chi connectivity index (χ2n) is 5.67. The first-order chi connectivity index (χ1) is 9.56.